The first-order valence-corrected chi connectivity index (χ1v) is 3.47. The van der Waals surface area contributed by atoms with Crippen molar-refractivity contribution >= 4 is 13.5 Å². The third-order valence-electron chi connectivity index (χ3n) is 0.472. The summed E-state index contributed by atoms with van der Waals surface area (Å²) in [7, 11) is -4.37. The molecule has 0 bridgehead atoms. The van der Waals surface area contributed by atoms with Crippen LogP contribution in [0.15, 0.2) is 0 Å². The Morgan fingerprint density at radius 1 is 1.43 bits per heavy atom. The Balaban J connectivity index is 3.79. The van der Waals surface area contributed by atoms with E-state index >= 15 is 0 Å². The van der Waals surface area contributed by atoms with Gasteiger partial charge in [0.2, 0.25) is 0 Å². The summed E-state index contributed by atoms with van der Waals surface area (Å²) in [4.78, 5) is 33.8. The molecule has 44 valence electrons. The molecule has 0 aromatic rings. The second-order valence-corrected chi connectivity index (χ2v) is 3.17. The van der Waals surface area contributed by atoms with E-state index in [1.807, 2.05) is 0 Å². The standard InChI is InChI=1S/C2H7O4P/c1-2(3)7(4,5)6/h4-7H,1H3. The topological polar surface area (TPSA) is 77.8 Å². The first-order valence-electron chi connectivity index (χ1n) is 1.62. The van der Waals surface area contributed by atoms with Crippen molar-refractivity contribution in [3.8, 4) is 0 Å². The van der Waals surface area contributed by atoms with Crippen molar-refractivity contribution in [2.75, 3.05) is 0 Å². The van der Waals surface area contributed by atoms with Crippen molar-refractivity contribution in [3.63, 3.8) is 0 Å². The van der Waals surface area contributed by atoms with Gasteiger partial charge in [-0.25, -0.2) is 0 Å². The van der Waals surface area contributed by atoms with Gasteiger partial charge in [-0.1, -0.05) is 0 Å². The molecular weight excluding hydrogens is 119 g/mol. The van der Waals surface area contributed by atoms with Crippen LogP contribution in [0.5, 0.6) is 0 Å². The molecule has 0 aliphatic rings. The summed E-state index contributed by atoms with van der Waals surface area (Å²) in [6.45, 7) is 0.923. The SMILES string of the molecule is CC(=O)[PH](O)(O)O. The Morgan fingerprint density at radius 2 is 1.57 bits per heavy atom. The number of hydrogen-bond donors (Lipinski definition) is 3. The Hall–Kier alpha value is -0.0200. The number of hydrogen-bond acceptors (Lipinski definition) is 4. The maximum atomic E-state index is 9.78. The molecule has 0 saturated carbocycles. The van der Waals surface area contributed by atoms with E-state index in [-0.39, 0.29) is 0 Å². The third-order valence-corrected chi connectivity index (χ3v) is 1.42. The van der Waals surface area contributed by atoms with Gasteiger partial charge in [0.05, 0.1) is 0 Å². The van der Waals surface area contributed by atoms with Gasteiger partial charge in [0, 0.05) is 0 Å². The van der Waals surface area contributed by atoms with E-state index in [0.717, 1.165) is 6.92 Å². The van der Waals surface area contributed by atoms with Crippen LogP contribution in [0.25, 0.3) is 0 Å². The average molecular weight is 126 g/mol. The van der Waals surface area contributed by atoms with Gasteiger partial charge in [-0.3, -0.25) is 0 Å². The molecule has 5 heteroatoms. The Kier molecular flexibility index (Phi) is 1.83. The van der Waals surface area contributed by atoms with Gasteiger partial charge in [0.15, 0.2) is 0 Å². The molecule has 0 atom stereocenters. The van der Waals surface area contributed by atoms with Crippen molar-refractivity contribution in [1.82, 2.24) is 0 Å². The fourth-order valence-electron chi connectivity index (χ4n) is 0. The van der Waals surface area contributed by atoms with E-state index in [9.17, 15) is 4.79 Å². The van der Waals surface area contributed by atoms with Crippen molar-refractivity contribution in [1.29, 1.82) is 0 Å². The first-order chi connectivity index (χ1) is 2.94. The summed E-state index contributed by atoms with van der Waals surface area (Å²) in [5, 5.41) is 0. The molecule has 4 nitrogen and oxygen atoms in total. The van der Waals surface area contributed by atoms with Gasteiger partial charge in [-0.15, -0.1) is 0 Å². The average Bonchev–Trinajstić information content (AvgIpc) is 1.31. The third kappa shape index (κ3) is 2.65. The molecule has 0 aromatic carbocycles. The van der Waals surface area contributed by atoms with E-state index in [1.165, 1.54) is 0 Å². The van der Waals surface area contributed by atoms with E-state index in [4.69, 9.17) is 14.7 Å². The normalized spacial score (nSPS) is 13.7. The number of carbonyl (C=O) groups is 1. The predicted molar refractivity (Wildman–Crippen MR) is 25.7 cm³/mol. The van der Waals surface area contributed by atoms with Crippen LogP contribution in [-0.2, 0) is 4.79 Å². The summed E-state index contributed by atoms with van der Waals surface area (Å²) in [5.74, 6) is 0. The molecule has 0 aliphatic heterocycles. The molecule has 0 unspecified atom stereocenters. The van der Waals surface area contributed by atoms with Crippen LogP contribution in [0.1, 0.15) is 6.92 Å². The molecule has 0 radical (unpaired) electrons. The molecule has 0 saturated heterocycles. The second kappa shape index (κ2) is 1.84. The Morgan fingerprint density at radius 3 is 1.57 bits per heavy atom. The van der Waals surface area contributed by atoms with Gasteiger partial charge < -0.3 is 0 Å². The summed E-state index contributed by atoms with van der Waals surface area (Å²) in [5.41, 5.74) is -0.951. The summed E-state index contributed by atoms with van der Waals surface area (Å²) < 4.78 is 0. The molecule has 7 heavy (non-hydrogen) atoms. The first kappa shape index (κ1) is 6.98. The Bertz CT molecular complexity index is 82.2. The van der Waals surface area contributed by atoms with Gasteiger partial charge in [0.1, 0.15) is 0 Å². The summed E-state index contributed by atoms with van der Waals surface area (Å²) in [6, 6.07) is 0. The van der Waals surface area contributed by atoms with E-state index in [0.29, 0.717) is 0 Å². The molecular formula is C2H7O4P. The van der Waals surface area contributed by atoms with Crippen molar-refractivity contribution in [3.05, 3.63) is 0 Å². The van der Waals surface area contributed by atoms with Crippen LogP contribution in [0.4, 0.5) is 0 Å². The fourth-order valence-corrected chi connectivity index (χ4v) is 0. The van der Waals surface area contributed by atoms with Crippen molar-refractivity contribution in [2.45, 2.75) is 6.92 Å². The molecule has 3 N–H and O–H groups in total. The second-order valence-electron chi connectivity index (χ2n) is 1.19. The van der Waals surface area contributed by atoms with E-state index in [2.05, 4.69) is 0 Å². The van der Waals surface area contributed by atoms with Gasteiger partial charge in [0.25, 0.3) is 0 Å². The summed E-state index contributed by atoms with van der Waals surface area (Å²) in [6.07, 6.45) is 0. The fraction of sp³-hybridized carbons (Fsp3) is 0.500. The zero-order chi connectivity index (χ0) is 6.08. The van der Waals surface area contributed by atoms with Crippen LogP contribution in [-0.4, -0.2) is 20.2 Å². The minimum absolute atomic E-state index is 0.923. The van der Waals surface area contributed by atoms with Gasteiger partial charge in [-0.05, 0) is 0 Å². The van der Waals surface area contributed by atoms with Crippen molar-refractivity contribution < 1.29 is 19.5 Å². The van der Waals surface area contributed by atoms with Crippen LogP contribution in [0.2, 0.25) is 0 Å². The zero-order valence-electron chi connectivity index (χ0n) is 3.75. The zero-order valence-corrected chi connectivity index (χ0v) is 4.75. The van der Waals surface area contributed by atoms with E-state index < -0.39 is 13.5 Å². The van der Waals surface area contributed by atoms with Gasteiger partial charge in [-0.2, -0.15) is 0 Å². The Labute approximate surface area is 41.0 Å². The van der Waals surface area contributed by atoms with Crippen LogP contribution in [0, 0.1) is 0 Å². The van der Waals surface area contributed by atoms with Crippen molar-refractivity contribution in [2.24, 2.45) is 0 Å². The molecule has 0 rings (SSSR count). The van der Waals surface area contributed by atoms with Crippen LogP contribution in [0.3, 0.4) is 0 Å². The predicted octanol–water partition coefficient (Wildman–Crippen LogP) is -0.995. The number of rotatable bonds is 1. The van der Waals surface area contributed by atoms with Crippen LogP contribution >= 0.6 is 7.94 Å². The molecule has 0 spiro atoms. The molecule has 0 aliphatic carbocycles. The molecule has 0 fully saturated rings. The molecule has 0 heterocycles. The minimum atomic E-state index is -4.37. The molecule has 0 aromatic heterocycles. The summed E-state index contributed by atoms with van der Waals surface area (Å²) >= 11 is 0. The quantitative estimate of drug-likeness (QED) is 0.394. The number of carbonyl (C=O) groups excluding carboxylic acids is 1. The maximum absolute atomic E-state index is 9.78. The molecule has 0 amide bonds. The van der Waals surface area contributed by atoms with Crippen LogP contribution < -0.4 is 0 Å². The van der Waals surface area contributed by atoms with E-state index in [1.54, 1.807) is 0 Å². The van der Waals surface area contributed by atoms with Gasteiger partial charge >= 0.3 is 39.9 Å². The monoisotopic (exact) mass is 126 g/mol.